The molecule has 1 fully saturated rings. The van der Waals surface area contributed by atoms with Gasteiger partial charge >= 0.3 is 0 Å². The minimum absolute atomic E-state index is 0.00239. The van der Waals surface area contributed by atoms with Crippen LogP contribution in [0.5, 0.6) is 0 Å². The Hall–Kier alpha value is -0.160. The van der Waals surface area contributed by atoms with Crippen LogP contribution in [0.2, 0.25) is 0 Å². The van der Waals surface area contributed by atoms with E-state index >= 15 is 0 Å². The summed E-state index contributed by atoms with van der Waals surface area (Å²) >= 11 is 0. The van der Waals surface area contributed by atoms with Gasteiger partial charge in [-0.25, -0.2) is 0 Å². The fraction of sp³-hybridized carbons (Fsp3) is 1.00. The van der Waals surface area contributed by atoms with Crippen molar-refractivity contribution in [2.45, 2.75) is 102 Å². The standard InChI is InChI=1S/C19H39NO3/c1-2-3-4-5-6-7-8-9-10-11-12-13-14-18-20-19(15-21,16-22)17-23-18/h18,20-22H,2-17H2,1H3. The van der Waals surface area contributed by atoms with Crippen LogP contribution in [0.3, 0.4) is 0 Å². The van der Waals surface area contributed by atoms with Crippen molar-refractivity contribution in [3.05, 3.63) is 0 Å². The average Bonchev–Trinajstić information content (AvgIpc) is 3.00. The number of ether oxygens (including phenoxy) is 1. The first-order valence-electron chi connectivity index (χ1n) is 9.87. The Morgan fingerprint density at radius 3 is 1.74 bits per heavy atom. The third-order valence-corrected chi connectivity index (χ3v) is 4.95. The smallest absolute Gasteiger partial charge is 0.108 e. The molecular weight excluding hydrogens is 290 g/mol. The molecule has 1 aliphatic rings. The Kier molecular flexibility index (Phi) is 12.0. The molecule has 1 aliphatic heterocycles. The molecule has 0 aliphatic carbocycles. The van der Waals surface area contributed by atoms with E-state index in [2.05, 4.69) is 12.2 Å². The van der Waals surface area contributed by atoms with Crippen LogP contribution in [0.1, 0.15) is 90.4 Å². The SMILES string of the molecule is CCCCCCCCCCCCCCC1NC(CO)(CO)CO1. The number of hydrogen-bond donors (Lipinski definition) is 3. The molecular formula is C19H39NO3. The molecule has 0 spiro atoms. The van der Waals surface area contributed by atoms with Crippen molar-refractivity contribution in [3.63, 3.8) is 0 Å². The number of rotatable bonds is 15. The van der Waals surface area contributed by atoms with Crippen molar-refractivity contribution < 1.29 is 14.9 Å². The minimum Gasteiger partial charge on any atom is -0.394 e. The van der Waals surface area contributed by atoms with Gasteiger partial charge in [0.15, 0.2) is 0 Å². The van der Waals surface area contributed by atoms with Gasteiger partial charge in [-0.15, -0.1) is 0 Å². The van der Waals surface area contributed by atoms with Gasteiger partial charge < -0.3 is 14.9 Å². The van der Waals surface area contributed by atoms with E-state index in [1.807, 2.05) is 0 Å². The van der Waals surface area contributed by atoms with Gasteiger partial charge in [-0.2, -0.15) is 0 Å². The van der Waals surface area contributed by atoms with E-state index in [0.29, 0.717) is 6.61 Å². The quantitative estimate of drug-likeness (QED) is 0.400. The van der Waals surface area contributed by atoms with Gasteiger partial charge in [0, 0.05) is 0 Å². The maximum atomic E-state index is 9.30. The summed E-state index contributed by atoms with van der Waals surface area (Å²) in [5.41, 5.74) is -0.623. The van der Waals surface area contributed by atoms with E-state index in [4.69, 9.17) is 4.74 Å². The third-order valence-electron chi connectivity index (χ3n) is 4.95. The zero-order chi connectivity index (χ0) is 16.8. The fourth-order valence-electron chi connectivity index (χ4n) is 3.24. The Labute approximate surface area is 143 Å². The summed E-state index contributed by atoms with van der Waals surface area (Å²) in [7, 11) is 0. The first-order chi connectivity index (χ1) is 11.3. The van der Waals surface area contributed by atoms with Crippen LogP contribution >= 0.6 is 0 Å². The van der Waals surface area contributed by atoms with Crippen LogP contribution in [-0.2, 0) is 4.74 Å². The molecule has 0 aromatic carbocycles. The maximum Gasteiger partial charge on any atom is 0.108 e. The van der Waals surface area contributed by atoms with Crippen LogP contribution < -0.4 is 5.32 Å². The number of aliphatic hydroxyl groups excluding tert-OH is 2. The number of unbranched alkanes of at least 4 members (excludes halogenated alkanes) is 11. The minimum atomic E-state index is -0.623. The molecule has 0 radical (unpaired) electrons. The van der Waals surface area contributed by atoms with Crippen molar-refractivity contribution in [2.75, 3.05) is 19.8 Å². The molecule has 138 valence electrons. The average molecular weight is 330 g/mol. The number of hydrogen-bond acceptors (Lipinski definition) is 4. The molecule has 23 heavy (non-hydrogen) atoms. The molecule has 0 aromatic rings. The van der Waals surface area contributed by atoms with Crippen molar-refractivity contribution in [1.29, 1.82) is 0 Å². The Morgan fingerprint density at radius 2 is 1.30 bits per heavy atom. The highest BCUT2D eigenvalue weighted by Gasteiger charge is 2.38. The molecule has 1 atom stereocenters. The van der Waals surface area contributed by atoms with E-state index in [9.17, 15) is 10.2 Å². The Balaban J connectivity index is 1.84. The van der Waals surface area contributed by atoms with Crippen LogP contribution in [0, 0.1) is 0 Å². The van der Waals surface area contributed by atoms with Gasteiger partial charge in [0.25, 0.3) is 0 Å². The van der Waals surface area contributed by atoms with Gasteiger partial charge in [0.1, 0.15) is 6.23 Å². The van der Waals surface area contributed by atoms with Crippen molar-refractivity contribution in [2.24, 2.45) is 0 Å². The van der Waals surface area contributed by atoms with E-state index in [-0.39, 0.29) is 19.4 Å². The number of aliphatic hydroxyl groups is 2. The molecule has 4 nitrogen and oxygen atoms in total. The molecule has 0 amide bonds. The van der Waals surface area contributed by atoms with Gasteiger partial charge in [-0.3, -0.25) is 5.32 Å². The largest absolute Gasteiger partial charge is 0.394 e. The summed E-state index contributed by atoms with van der Waals surface area (Å²) in [6.07, 6.45) is 17.2. The zero-order valence-corrected chi connectivity index (χ0v) is 15.2. The summed E-state index contributed by atoms with van der Waals surface area (Å²) in [6.45, 7) is 2.53. The third kappa shape index (κ3) is 9.04. The van der Waals surface area contributed by atoms with E-state index in [0.717, 1.165) is 12.8 Å². The molecule has 1 unspecified atom stereocenters. The lowest BCUT2D eigenvalue weighted by atomic mass is 10.0. The normalized spacial score (nSPS) is 20.2. The second-order valence-electron chi connectivity index (χ2n) is 7.22. The highest BCUT2D eigenvalue weighted by Crippen LogP contribution is 2.19. The van der Waals surface area contributed by atoms with Gasteiger partial charge in [0.05, 0.1) is 25.4 Å². The summed E-state index contributed by atoms with van der Waals surface area (Å²) in [5.74, 6) is 0. The molecule has 3 N–H and O–H groups in total. The Morgan fingerprint density at radius 1 is 0.826 bits per heavy atom. The lowest BCUT2D eigenvalue weighted by Crippen LogP contribution is -2.51. The predicted molar refractivity (Wildman–Crippen MR) is 95.5 cm³/mol. The van der Waals surface area contributed by atoms with Crippen LogP contribution in [0.15, 0.2) is 0 Å². The fourth-order valence-corrected chi connectivity index (χ4v) is 3.24. The summed E-state index contributed by atoms with van der Waals surface area (Å²) in [5, 5.41) is 21.8. The molecule has 4 heteroatoms. The molecule has 0 bridgehead atoms. The molecule has 0 saturated carbocycles. The first kappa shape index (κ1) is 20.9. The second-order valence-corrected chi connectivity index (χ2v) is 7.22. The second kappa shape index (κ2) is 13.2. The van der Waals surface area contributed by atoms with Crippen LogP contribution in [0.4, 0.5) is 0 Å². The van der Waals surface area contributed by atoms with Gasteiger partial charge in [-0.1, -0.05) is 77.6 Å². The van der Waals surface area contributed by atoms with Crippen molar-refractivity contribution >= 4 is 0 Å². The molecule has 1 saturated heterocycles. The first-order valence-corrected chi connectivity index (χ1v) is 9.87. The van der Waals surface area contributed by atoms with E-state index in [1.54, 1.807) is 0 Å². The van der Waals surface area contributed by atoms with Crippen LogP contribution in [0.25, 0.3) is 0 Å². The number of nitrogens with one attached hydrogen (secondary N) is 1. The van der Waals surface area contributed by atoms with Gasteiger partial charge in [0.2, 0.25) is 0 Å². The molecule has 0 aromatic heterocycles. The highest BCUT2D eigenvalue weighted by molar-refractivity contribution is 4.92. The van der Waals surface area contributed by atoms with Crippen molar-refractivity contribution in [1.82, 2.24) is 5.32 Å². The summed E-state index contributed by atoms with van der Waals surface area (Å²) in [6, 6.07) is 0. The van der Waals surface area contributed by atoms with E-state index in [1.165, 1.54) is 70.6 Å². The lowest BCUT2D eigenvalue weighted by Gasteiger charge is -2.23. The maximum absolute atomic E-state index is 9.30. The summed E-state index contributed by atoms with van der Waals surface area (Å²) in [4.78, 5) is 0. The highest BCUT2D eigenvalue weighted by atomic mass is 16.5. The molecule has 1 rings (SSSR count). The van der Waals surface area contributed by atoms with Crippen molar-refractivity contribution in [3.8, 4) is 0 Å². The van der Waals surface area contributed by atoms with Crippen LogP contribution in [-0.4, -0.2) is 41.8 Å². The molecule has 1 heterocycles. The zero-order valence-electron chi connectivity index (χ0n) is 15.2. The van der Waals surface area contributed by atoms with Gasteiger partial charge in [-0.05, 0) is 12.8 Å². The predicted octanol–water partition coefficient (Wildman–Crippen LogP) is 3.75. The van der Waals surface area contributed by atoms with E-state index < -0.39 is 5.54 Å². The Bertz CT molecular complexity index is 269. The monoisotopic (exact) mass is 329 g/mol. The lowest BCUT2D eigenvalue weighted by molar-refractivity contribution is 0.0724. The topological polar surface area (TPSA) is 61.7 Å². The summed E-state index contributed by atoms with van der Waals surface area (Å²) < 4.78 is 5.62.